The summed E-state index contributed by atoms with van der Waals surface area (Å²) in [5.41, 5.74) is -0.513. The Labute approximate surface area is 177 Å². The highest BCUT2D eigenvalue weighted by Crippen LogP contribution is 2.38. The second kappa shape index (κ2) is 7.77. The van der Waals surface area contributed by atoms with Gasteiger partial charge in [0.25, 0.3) is 5.69 Å². The van der Waals surface area contributed by atoms with Crippen molar-refractivity contribution in [1.29, 1.82) is 0 Å². The average molecular weight is 456 g/mol. The summed E-state index contributed by atoms with van der Waals surface area (Å²) in [5.74, 6) is -8.04. The number of nitro benzene ring substituents is 1. The van der Waals surface area contributed by atoms with Gasteiger partial charge in [-0.1, -0.05) is 17.7 Å². The van der Waals surface area contributed by atoms with E-state index in [0.717, 1.165) is 6.07 Å². The van der Waals surface area contributed by atoms with Crippen LogP contribution < -0.4 is 21.3 Å². The third-order valence-electron chi connectivity index (χ3n) is 4.35. The second-order valence-corrected chi connectivity index (χ2v) is 7.29. The normalized spacial score (nSPS) is 18.3. The van der Waals surface area contributed by atoms with Gasteiger partial charge in [0, 0.05) is 12.0 Å². The largest absolute Gasteiger partial charge is 0.302 e. The lowest BCUT2D eigenvalue weighted by Gasteiger charge is -2.35. The van der Waals surface area contributed by atoms with E-state index in [1.54, 1.807) is 0 Å². The number of halogens is 1. The number of benzene rings is 1. The molecule has 0 unspecified atom stereocenters. The average Bonchev–Trinajstić information content (AvgIpc) is 2.59. The van der Waals surface area contributed by atoms with Crippen LogP contribution in [0.3, 0.4) is 0 Å². The number of nitro groups is 1. The molecule has 3 rings (SSSR count). The number of nitrogens with one attached hydrogen (secondary N) is 4. The van der Waals surface area contributed by atoms with Crippen LogP contribution in [-0.4, -0.2) is 38.8 Å². The molecule has 0 bridgehead atoms. The molecule has 29 heavy (non-hydrogen) atoms. The van der Waals surface area contributed by atoms with Gasteiger partial charge in [0.15, 0.2) is 10.2 Å². The summed E-state index contributed by atoms with van der Waals surface area (Å²) in [5, 5.41) is 19.6. The van der Waals surface area contributed by atoms with E-state index in [4.69, 9.17) is 36.0 Å². The molecule has 0 atom stereocenters. The van der Waals surface area contributed by atoms with Gasteiger partial charge < -0.3 is 21.3 Å². The number of amides is 4. The first-order chi connectivity index (χ1) is 13.6. The zero-order chi connectivity index (χ0) is 21.5. The Kier molecular flexibility index (Phi) is 5.55. The first-order valence-corrected chi connectivity index (χ1v) is 9.05. The van der Waals surface area contributed by atoms with Crippen molar-refractivity contribution in [3.8, 4) is 0 Å². The van der Waals surface area contributed by atoms with Crippen molar-refractivity contribution in [2.24, 2.45) is 11.8 Å². The number of hydrogen-bond donors (Lipinski definition) is 4. The molecule has 14 heteroatoms. The Hall–Kier alpha value is -3.03. The SMILES string of the molecule is O=C1NC(=S)NC(=O)C1C(c1ccc(Cl)c([N+](=O)[O-])c1)C1C(=O)NC(=S)NC1=O. The van der Waals surface area contributed by atoms with Crippen molar-refractivity contribution in [3.63, 3.8) is 0 Å². The van der Waals surface area contributed by atoms with E-state index in [2.05, 4.69) is 21.3 Å². The third-order valence-corrected chi connectivity index (χ3v) is 5.07. The Morgan fingerprint density at radius 2 is 1.31 bits per heavy atom. The molecule has 11 nitrogen and oxygen atoms in total. The Balaban J connectivity index is 2.17. The van der Waals surface area contributed by atoms with Crippen molar-refractivity contribution in [2.75, 3.05) is 0 Å². The summed E-state index contributed by atoms with van der Waals surface area (Å²) in [6.45, 7) is 0. The minimum atomic E-state index is -1.59. The van der Waals surface area contributed by atoms with Crippen LogP contribution in [0, 0.1) is 22.0 Å². The summed E-state index contributed by atoms with van der Waals surface area (Å²) in [6, 6.07) is 3.48. The fraction of sp³-hybridized carbons (Fsp3) is 0.200. The Bertz CT molecular complexity index is 927. The highest BCUT2D eigenvalue weighted by Gasteiger charge is 2.50. The number of rotatable bonds is 4. The zero-order valence-electron chi connectivity index (χ0n) is 14.1. The third kappa shape index (κ3) is 3.92. The van der Waals surface area contributed by atoms with Gasteiger partial charge in [-0.25, -0.2) is 0 Å². The maximum absolute atomic E-state index is 12.5. The first-order valence-electron chi connectivity index (χ1n) is 7.85. The van der Waals surface area contributed by atoms with Gasteiger partial charge in [-0.15, -0.1) is 0 Å². The molecule has 1 aromatic rings. The summed E-state index contributed by atoms with van der Waals surface area (Å²) in [6.07, 6.45) is 0. The van der Waals surface area contributed by atoms with E-state index >= 15 is 0 Å². The van der Waals surface area contributed by atoms with E-state index in [9.17, 15) is 29.3 Å². The number of hydrogen-bond acceptors (Lipinski definition) is 8. The van der Waals surface area contributed by atoms with Gasteiger partial charge in [0.1, 0.15) is 16.9 Å². The lowest BCUT2D eigenvalue weighted by Crippen LogP contribution is -2.62. The van der Waals surface area contributed by atoms with Crippen LogP contribution in [0.2, 0.25) is 5.02 Å². The van der Waals surface area contributed by atoms with Crippen LogP contribution in [0.25, 0.3) is 0 Å². The summed E-state index contributed by atoms with van der Waals surface area (Å²) in [4.78, 5) is 60.6. The molecular weight excluding hydrogens is 446 g/mol. The van der Waals surface area contributed by atoms with Crippen molar-refractivity contribution in [1.82, 2.24) is 21.3 Å². The predicted octanol–water partition coefficient (Wildman–Crippen LogP) is -0.374. The molecule has 150 valence electrons. The highest BCUT2D eigenvalue weighted by atomic mass is 35.5. The predicted molar refractivity (Wildman–Crippen MR) is 106 cm³/mol. The number of thiocarbonyl (C=S) groups is 2. The molecule has 2 aliphatic heterocycles. The van der Waals surface area contributed by atoms with E-state index in [-0.39, 0.29) is 20.8 Å². The van der Waals surface area contributed by atoms with Crippen molar-refractivity contribution < 1.29 is 24.1 Å². The van der Waals surface area contributed by atoms with Gasteiger partial charge in [-0.3, -0.25) is 29.3 Å². The van der Waals surface area contributed by atoms with Crippen LogP contribution in [0.4, 0.5) is 5.69 Å². The van der Waals surface area contributed by atoms with E-state index < -0.39 is 52.0 Å². The lowest BCUT2D eigenvalue weighted by molar-refractivity contribution is -0.384. The number of nitrogens with zero attached hydrogens (tertiary/aromatic N) is 1. The lowest BCUT2D eigenvalue weighted by atomic mass is 9.74. The zero-order valence-corrected chi connectivity index (χ0v) is 16.4. The smallest absolute Gasteiger partial charge is 0.288 e. The monoisotopic (exact) mass is 455 g/mol. The van der Waals surface area contributed by atoms with Gasteiger partial charge in [0.2, 0.25) is 23.6 Å². The number of carbonyl (C=O) groups is 4. The molecule has 0 spiro atoms. The van der Waals surface area contributed by atoms with Gasteiger partial charge in [-0.05, 0) is 36.1 Å². The minimum absolute atomic E-state index is 0.00679. The van der Waals surface area contributed by atoms with E-state index in [1.165, 1.54) is 12.1 Å². The minimum Gasteiger partial charge on any atom is -0.302 e. The topological polar surface area (TPSA) is 160 Å². The molecule has 0 radical (unpaired) electrons. The molecule has 0 aliphatic carbocycles. The fourth-order valence-electron chi connectivity index (χ4n) is 3.17. The quantitative estimate of drug-likeness (QED) is 0.207. The molecule has 4 N–H and O–H groups in total. The van der Waals surface area contributed by atoms with Gasteiger partial charge in [-0.2, -0.15) is 0 Å². The summed E-state index contributed by atoms with van der Waals surface area (Å²) < 4.78 is 0. The molecule has 2 aliphatic rings. The fourth-order valence-corrected chi connectivity index (χ4v) is 3.75. The second-order valence-electron chi connectivity index (χ2n) is 6.06. The number of carbonyl (C=O) groups excluding carboxylic acids is 4. The molecule has 1 aromatic carbocycles. The van der Waals surface area contributed by atoms with Crippen LogP contribution in [0.15, 0.2) is 18.2 Å². The highest BCUT2D eigenvalue weighted by molar-refractivity contribution is 7.80. The van der Waals surface area contributed by atoms with Crippen LogP contribution >= 0.6 is 36.0 Å². The molecule has 2 heterocycles. The molecular formula is C15H10ClN5O6S2. The molecule has 4 amide bonds. The van der Waals surface area contributed by atoms with Crippen LogP contribution in [0.1, 0.15) is 11.5 Å². The Morgan fingerprint density at radius 3 is 1.69 bits per heavy atom. The van der Waals surface area contributed by atoms with Crippen molar-refractivity contribution in [2.45, 2.75) is 5.92 Å². The summed E-state index contributed by atoms with van der Waals surface area (Å²) >= 11 is 15.3. The standard InChI is InChI=1S/C15H10ClN5O6S2/c16-5-2-1-4(3-6(5)21(26)27)7(8-10(22)17-14(28)18-11(8)23)9-12(24)19-15(29)20-13(9)25/h1-3,7-9H,(H2,17,18,22,23,28)(H2,19,20,24,25,29). The maximum Gasteiger partial charge on any atom is 0.288 e. The Morgan fingerprint density at radius 1 is 0.897 bits per heavy atom. The maximum atomic E-state index is 12.5. The van der Waals surface area contributed by atoms with Gasteiger partial charge >= 0.3 is 0 Å². The molecule has 2 saturated heterocycles. The van der Waals surface area contributed by atoms with Gasteiger partial charge in [0.05, 0.1) is 4.92 Å². The first kappa shape index (κ1) is 20.7. The van der Waals surface area contributed by atoms with Crippen molar-refractivity contribution >= 4 is 75.6 Å². The van der Waals surface area contributed by atoms with E-state index in [0.29, 0.717) is 0 Å². The summed E-state index contributed by atoms with van der Waals surface area (Å²) in [7, 11) is 0. The van der Waals surface area contributed by atoms with E-state index in [1.807, 2.05) is 0 Å². The molecule has 0 saturated carbocycles. The molecule has 0 aromatic heterocycles. The molecule has 2 fully saturated rings. The van der Waals surface area contributed by atoms with Crippen LogP contribution in [-0.2, 0) is 19.2 Å². The van der Waals surface area contributed by atoms with Crippen molar-refractivity contribution in [3.05, 3.63) is 38.9 Å². The van der Waals surface area contributed by atoms with Crippen LogP contribution in [0.5, 0.6) is 0 Å².